The molecule has 0 saturated heterocycles. The fourth-order valence-electron chi connectivity index (χ4n) is 2.16. The molecule has 2 unspecified atom stereocenters. The van der Waals surface area contributed by atoms with Crippen LogP contribution in [0.5, 0.6) is 0 Å². The van der Waals surface area contributed by atoms with E-state index in [1.54, 1.807) is 19.1 Å². The zero-order chi connectivity index (χ0) is 18.8. The Morgan fingerprint density at radius 1 is 1.08 bits per heavy atom. The molecule has 25 heavy (non-hydrogen) atoms. The lowest BCUT2D eigenvalue weighted by Gasteiger charge is -2.20. The third kappa shape index (κ3) is 7.19. The number of amides is 3. The van der Waals surface area contributed by atoms with Crippen LogP contribution in [0.15, 0.2) is 24.3 Å². The second-order valence-electron chi connectivity index (χ2n) is 5.60. The van der Waals surface area contributed by atoms with Crippen molar-refractivity contribution in [2.24, 2.45) is 0 Å². The van der Waals surface area contributed by atoms with E-state index in [0.29, 0.717) is 18.4 Å². The number of nitrogens with one attached hydrogen (secondary N) is 3. The van der Waals surface area contributed by atoms with Crippen LogP contribution < -0.4 is 16.0 Å². The van der Waals surface area contributed by atoms with Crippen molar-refractivity contribution in [1.82, 2.24) is 16.0 Å². The molecule has 0 spiro atoms. The zero-order valence-corrected chi connectivity index (χ0v) is 14.3. The maximum atomic E-state index is 12.8. The highest BCUT2D eigenvalue weighted by atomic mass is 19.1. The van der Waals surface area contributed by atoms with Crippen LogP contribution in [0, 0.1) is 5.82 Å². The van der Waals surface area contributed by atoms with E-state index in [1.165, 1.54) is 12.1 Å². The highest BCUT2D eigenvalue weighted by Crippen LogP contribution is 2.03. The molecule has 0 bridgehead atoms. The molecule has 0 aromatic heterocycles. The summed E-state index contributed by atoms with van der Waals surface area (Å²) in [7, 11) is 0. The summed E-state index contributed by atoms with van der Waals surface area (Å²) in [5, 5.41) is 16.5. The molecule has 1 aromatic carbocycles. The van der Waals surface area contributed by atoms with E-state index in [9.17, 15) is 18.8 Å². The molecule has 0 aliphatic heterocycles. The van der Waals surface area contributed by atoms with E-state index >= 15 is 0 Å². The van der Waals surface area contributed by atoms with Crippen LogP contribution in [-0.4, -0.2) is 35.1 Å². The first-order valence-corrected chi connectivity index (χ1v) is 8.19. The number of carboxylic acids is 1. The number of rotatable bonds is 9. The summed E-state index contributed by atoms with van der Waals surface area (Å²) in [6.07, 6.45) is 1.27. The minimum atomic E-state index is -1.12. The third-order valence-electron chi connectivity index (χ3n) is 3.59. The summed E-state index contributed by atoms with van der Waals surface area (Å²) in [6, 6.07) is 3.30. The van der Waals surface area contributed by atoms with Gasteiger partial charge in [0.05, 0.1) is 0 Å². The number of carboxylic acid groups (broad SMARTS) is 1. The molecule has 4 N–H and O–H groups in total. The van der Waals surface area contributed by atoms with Crippen molar-refractivity contribution in [3.63, 3.8) is 0 Å². The van der Waals surface area contributed by atoms with Crippen LogP contribution >= 0.6 is 0 Å². The van der Waals surface area contributed by atoms with E-state index in [1.807, 2.05) is 6.92 Å². The lowest BCUT2D eigenvalue weighted by Crippen LogP contribution is -2.53. The first-order chi connectivity index (χ1) is 11.9. The second-order valence-corrected chi connectivity index (χ2v) is 5.60. The molecule has 0 fully saturated rings. The van der Waals surface area contributed by atoms with Crippen LogP contribution in [-0.2, 0) is 16.1 Å². The maximum Gasteiger partial charge on any atom is 0.326 e. The Hall–Kier alpha value is -2.64. The number of urea groups is 1. The average molecular weight is 353 g/mol. The largest absolute Gasteiger partial charge is 0.480 e. The Bertz CT molecular complexity index is 592. The molecule has 8 heteroatoms. The normalized spacial score (nSPS) is 12.8. The monoisotopic (exact) mass is 353 g/mol. The van der Waals surface area contributed by atoms with Gasteiger partial charge >= 0.3 is 12.0 Å². The molecular formula is C17H24FN3O4. The SMILES string of the molecule is CCCC(NC(=O)NCc1ccc(F)cc1)C(=O)NC(CC)C(=O)O. The first-order valence-electron chi connectivity index (χ1n) is 8.19. The van der Waals surface area contributed by atoms with Crippen LogP contribution in [0.25, 0.3) is 0 Å². The summed E-state index contributed by atoms with van der Waals surface area (Å²) in [5.74, 6) is -2.02. The van der Waals surface area contributed by atoms with Crippen LogP contribution in [0.4, 0.5) is 9.18 Å². The van der Waals surface area contributed by atoms with Gasteiger partial charge in [-0.3, -0.25) is 4.79 Å². The lowest BCUT2D eigenvalue weighted by molar-refractivity contribution is -0.142. The first kappa shape index (κ1) is 20.4. The molecule has 2 atom stereocenters. The van der Waals surface area contributed by atoms with Crippen molar-refractivity contribution in [1.29, 1.82) is 0 Å². The van der Waals surface area contributed by atoms with E-state index in [4.69, 9.17) is 5.11 Å². The van der Waals surface area contributed by atoms with E-state index in [-0.39, 0.29) is 18.8 Å². The van der Waals surface area contributed by atoms with Crippen molar-refractivity contribution in [3.05, 3.63) is 35.6 Å². The number of benzene rings is 1. The van der Waals surface area contributed by atoms with Gasteiger partial charge in [-0.2, -0.15) is 0 Å². The zero-order valence-electron chi connectivity index (χ0n) is 14.3. The van der Waals surface area contributed by atoms with Gasteiger partial charge in [-0.1, -0.05) is 32.4 Å². The van der Waals surface area contributed by atoms with E-state index < -0.39 is 30.0 Å². The number of aliphatic carboxylic acids is 1. The molecule has 0 heterocycles. The Morgan fingerprint density at radius 2 is 1.72 bits per heavy atom. The van der Waals surface area contributed by atoms with Gasteiger partial charge in [0.25, 0.3) is 0 Å². The van der Waals surface area contributed by atoms with E-state index in [0.717, 1.165) is 0 Å². The van der Waals surface area contributed by atoms with Gasteiger partial charge in [-0.25, -0.2) is 14.0 Å². The minimum Gasteiger partial charge on any atom is -0.480 e. The van der Waals surface area contributed by atoms with E-state index in [2.05, 4.69) is 16.0 Å². The minimum absolute atomic E-state index is 0.180. The highest BCUT2D eigenvalue weighted by molar-refractivity contribution is 5.90. The molecule has 0 aliphatic rings. The number of halogens is 1. The van der Waals surface area contributed by atoms with Crippen LogP contribution in [0.3, 0.4) is 0 Å². The van der Waals surface area contributed by atoms with Crippen molar-refractivity contribution in [3.8, 4) is 0 Å². The molecular weight excluding hydrogens is 329 g/mol. The van der Waals surface area contributed by atoms with Crippen molar-refractivity contribution in [2.45, 2.75) is 51.7 Å². The second kappa shape index (κ2) is 10.3. The van der Waals surface area contributed by atoms with Crippen molar-refractivity contribution >= 4 is 17.9 Å². The molecule has 0 aliphatic carbocycles. The van der Waals surface area contributed by atoms with Crippen LogP contribution in [0.2, 0.25) is 0 Å². The Balaban J connectivity index is 2.57. The highest BCUT2D eigenvalue weighted by Gasteiger charge is 2.24. The van der Waals surface area contributed by atoms with Crippen LogP contribution in [0.1, 0.15) is 38.7 Å². The fraction of sp³-hybridized carbons (Fsp3) is 0.471. The quantitative estimate of drug-likeness (QED) is 0.543. The third-order valence-corrected chi connectivity index (χ3v) is 3.59. The van der Waals surface area contributed by atoms with Crippen molar-refractivity contribution < 1.29 is 23.9 Å². The number of hydrogen-bond donors (Lipinski definition) is 4. The molecule has 7 nitrogen and oxygen atoms in total. The summed E-state index contributed by atoms with van der Waals surface area (Å²) in [4.78, 5) is 35.2. The molecule has 1 aromatic rings. The predicted octanol–water partition coefficient (Wildman–Crippen LogP) is 1.77. The van der Waals surface area contributed by atoms with Gasteiger partial charge < -0.3 is 21.1 Å². The molecule has 3 amide bonds. The fourth-order valence-corrected chi connectivity index (χ4v) is 2.16. The molecule has 0 radical (unpaired) electrons. The summed E-state index contributed by atoms with van der Waals surface area (Å²) >= 11 is 0. The summed E-state index contributed by atoms with van der Waals surface area (Å²) in [6.45, 7) is 3.68. The Kier molecular flexibility index (Phi) is 8.38. The van der Waals surface area contributed by atoms with Gasteiger partial charge in [-0.15, -0.1) is 0 Å². The number of carbonyl (C=O) groups is 3. The van der Waals surface area contributed by atoms with Gasteiger partial charge in [-0.05, 0) is 30.5 Å². The van der Waals surface area contributed by atoms with Gasteiger partial charge in [0.1, 0.15) is 17.9 Å². The average Bonchev–Trinajstić information content (AvgIpc) is 2.58. The van der Waals surface area contributed by atoms with Gasteiger partial charge in [0, 0.05) is 6.54 Å². The molecule has 138 valence electrons. The van der Waals surface area contributed by atoms with Gasteiger partial charge in [0.2, 0.25) is 5.91 Å². The smallest absolute Gasteiger partial charge is 0.326 e. The van der Waals surface area contributed by atoms with Crippen molar-refractivity contribution in [2.75, 3.05) is 0 Å². The molecule has 0 saturated carbocycles. The topological polar surface area (TPSA) is 108 Å². The number of carbonyl (C=O) groups excluding carboxylic acids is 2. The lowest BCUT2D eigenvalue weighted by atomic mass is 10.1. The molecule has 1 rings (SSSR count). The predicted molar refractivity (Wildman–Crippen MR) is 90.3 cm³/mol. The Labute approximate surface area is 146 Å². The maximum absolute atomic E-state index is 12.8. The van der Waals surface area contributed by atoms with Gasteiger partial charge in [0.15, 0.2) is 0 Å². The number of hydrogen-bond acceptors (Lipinski definition) is 3. The summed E-state index contributed by atoms with van der Waals surface area (Å²) < 4.78 is 12.8. The standard InChI is InChI=1S/C17H24FN3O4/c1-3-5-14(15(22)20-13(4-2)16(23)24)21-17(25)19-10-11-6-8-12(18)9-7-11/h6-9,13-14H,3-5,10H2,1-2H3,(H,20,22)(H,23,24)(H2,19,21,25). The summed E-state index contributed by atoms with van der Waals surface area (Å²) in [5.41, 5.74) is 0.713. The Morgan fingerprint density at radius 3 is 2.24 bits per heavy atom.